The Morgan fingerprint density at radius 2 is 1.59 bits per heavy atom. The van der Waals surface area contributed by atoms with Crippen LogP contribution in [0.1, 0.15) is 65.9 Å². The van der Waals surface area contributed by atoms with E-state index in [2.05, 4.69) is 61.3 Å². The Labute approximate surface area is 174 Å². The van der Waals surface area contributed by atoms with E-state index in [1.165, 1.54) is 11.1 Å². The molecule has 0 saturated heterocycles. The quantitative estimate of drug-likeness (QED) is 0.378. The van der Waals surface area contributed by atoms with Crippen molar-refractivity contribution in [2.75, 3.05) is 0 Å². The summed E-state index contributed by atoms with van der Waals surface area (Å²) in [4.78, 5) is 16.6. The standard InChI is InChI=1S/C27H29NO/c1-21(2)6-5-8-27(29)25-16-13-24(14-17-25)20-23-11-9-22(10-12-23)15-18-26-7-3-4-19-28-26/h3-4,7,9-19,21H,5-6,8,20H2,1-2H3/b18-15+. The summed E-state index contributed by atoms with van der Waals surface area (Å²) in [5, 5.41) is 0. The van der Waals surface area contributed by atoms with E-state index in [-0.39, 0.29) is 5.78 Å². The van der Waals surface area contributed by atoms with Crippen LogP contribution in [0.4, 0.5) is 0 Å². The molecule has 1 aromatic heterocycles. The Morgan fingerprint density at radius 1 is 0.897 bits per heavy atom. The Bertz CT molecular complexity index is 923. The van der Waals surface area contributed by atoms with Gasteiger partial charge in [-0.25, -0.2) is 0 Å². The maximum Gasteiger partial charge on any atom is 0.162 e. The summed E-state index contributed by atoms with van der Waals surface area (Å²) < 4.78 is 0. The lowest BCUT2D eigenvalue weighted by atomic mass is 9.98. The lowest BCUT2D eigenvalue weighted by Gasteiger charge is -2.06. The summed E-state index contributed by atoms with van der Waals surface area (Å²) in [5.74, 6) is 0.906. The average Bonchev–Trinajstić information content (AvgIpc) is 2.74. The van der Waals surface area contributed by atoms with E-state index in [1.807, 2.05) is 36.4 Å². The van der Waals surface area contributed by atoms with Crippen molar-refractivity contribution in [3.05, 3.63) is 101 Å². The smallest absolute Gasteiger partial charge is 0.162 e. The molecule has 2 heteroatoms. The summed E-state index contributed by atoms with van der Waals surface area (Å²) in [6.07, 6.45) is 9.48. The SMILES string of the molecule is CC(C)CCCC(=O)c1ccc(Cc2ccc(/C=C/c3ccccn3)cc2)cc1. The molecule has 0 spiro atoms. The van der Waals surface area contributed by atoms with E-state index < -0.39 is 0 Å². The number of hydrogen-bond acceptors (Lipinski definition) is 2. The summed E-state index contributed by atoms with van der Waals surface area (Å²) >= 11 is 0. The first-order valence-electron chi connectivity index (χ1n) is 10.4. The third-order valence-corrected chi connectivity index (χ3v) is 4.98. The number of pyridine rings is 1. The number of aromatic nitrogens is 1. The van der Waals surface area contributed by atoms with Gasteiger partial charge < -0.3 is 0 Å². The zero-order valence-corrected chi connectivity index (χ0v) is 17.3. The largest absolute Gasteiger partial charge is 0.294 e. The van der Waals surface area contributed by atoms with Crippen LogP contribution in [0.25, 0.3) is 12.2 Å². The normalized spacial score (nSPS) is 11.3. The number of nitrogens with zero attached hydrogens (tertiary/aromatic N) is 1. The van der Waals surface area contributed by atoms with Gasteiger partial charge in [-0.05, 0) is 53.7 Å². The zero-order valence-electron chi connectivity index (χ0n) is 17.3. The van der Waals surface area contributed by atoms with E-state index in [0.717, 1.165) is 36.1 Å². The molecule has 0 N–H and O–H groups in total. The molecular weight excluding hydrogens is 354 g/mol. The fraction of sp³-hybridized carbons (Fsp3) is 0.259. The van der Waals surface area contributed by atoms with Gasteiger partial charge in [0, 0.05) is 18.2 Å². The van der Waals surface area contributed by atoms with Crippen LogP contribution in [0, 0.1) is 5.92 Å². The maximum atomic E-state index is 12.3. The minimum Gasteiger partial charge on any atom is -0.294 e. The van der Waals surface area contributed by atoms with Crippen LogP contribution in [0.15, 0.2) is 72.9 Å². The second-order valence-corrected chi connectivity index (χ2v) is 7.91. The first kappa shape index (κ1) is 20.7. The Balaban J connectivity index is 1.54. The minimum atomic E-state index is 0.251. The number of Topliss-reactive ketones (excluding diaryl/α,β-unsaturated/α-hetero) is 1. The number of rotatable bonds is 9. The van der Waals surface area contributed by atoms with Crippen molar-refractivity contribution in [2.24, 2.45) is 5.92 Å². The highest BCUT2D eigenvalue weighted by Crippen LogP contribution is 2.16. The highest BCUT2D eigenvalue weighted by molar-refractivity contribution is 5.96. The summed E-state index contributed by atoms with van der Waals surface area (Å²) in [6.45, 7) is 4.39. The van der Waals surface area contributed by atoms with Crippen molar-refractivity contribution in [3.63, 3.8) is 0 Å². The molecule has 148 valence electrons. The summed E-state index contributed by atoms with van der Waals surface area (Å²) in [7, 11) is 0. The number of benzene rings is 2. The topological polar surface area (TPSA) is 30.0 Å². The molecule has 0 aliphatic rings. The van der Waals surface area contributed by atoms with Crippen LogP contribution >= 0.6 is 0 Å². The number of hydrogen-bond donors (Lipinski definition) is 0. The molecule has 2 nitrogen and oxygen atoms in total. The molecule has 0 saturated carbocycles. The van der Waals surface area contributed by atoms with Gasteiger partial charge in [-0.15, -0.1) is 0 Å². The Hall–Kier alpha value is -3.00. The Kier molecular flexibility index (Phi) is 7.52. The van der Waals surface area contributed by atoms with Gasteiger partial charge in [0.1, 0.15) is 0 Å². The summed E-state index contributed by atoms with van der Waals surface area (Å²) in [5.41, 5.74) is 5.42. The fourth-order valence-electron chi connectivity index (χ4n) is 3.26. The van der Waals surface area contributed by atoms with E-state index in [1.54, 1.807) is 6.20 Å². The van der Waals surface area contributed by atoms with Crippen molar-refractivity contribution >= 4 is 17.9 Å². The third kappa shape index (κ3) is 6.83. The molecule has 29 heavy (non-hydrogen) atoms. The first-order valence-corrected chi connectivity index (χ1v) is 10.4. The van der Waals surface area contributed by atoms with E-state index in [0.29, 0.717) is 12.3 Å². The van der Waals surface area contributed by atoms with Crippen LogP contribution in [-0.4, -0.2) is 10.8 Å². The van der Waals surface area contributed by atoms with Gasteiger partial charge in [0.25, 0.3) is 0 Å². The van der Waals surface area contributed by atoms with Gasteiger partial charge in [0.05, 0.1) is 5.69 Å². The van der Waals surface area contributed by atoms with Gasteiger partial charge in [-0.1, -0.05) is 80.9 Å². The molecule has 0 unspecified atom stereocenters. The predicted molar refractivity (Wildman–Crippen MR) is 122 cm³/mol. The third-order valence-electron chi connectivity index (χ3n) is 4.98. The lowest BCUT2D eigenvalue weighted by molar-refractivity contribution is 0.0978. The van der Waals surface area contributed by atoms with Crippen molar-refractivity contribution in [1.29, 1.82) is 0 Å². The number of carbonyl (C=O) groups excluding carboxylic acids is 1. The average molecular weight is 384 g/mol. The molecule has 3 aromatic rings. The van der Waals surface area contributed by atoms with Crippen LogP contribution in [0.5, 0.6) is 0 Å². The second kappa shape index (κ2) is 10.5. The fourth-order valence-corrected chi connectivity index (χ4v) is 3.26. The molecule has 0 aliphatic heterocycles. The van der Waals surface area contributed by atoms with Crippen molar-refractivity contribution in [2.45, 2.75) is 39.5 Å². The van der Waals surface area contributed by atoms with Gasteiger partial charge in [0.2, 0.25) is 0 Å². The van der Waals surface area contributed by atoms with E-state index in [9.17, 15) is 4.79 Å². The number of ketones is 1. The zero-order chi connectivity index (χ0) is 20.5. The van der Waals surface area contributed by atoms with Crippen LogP contribution in [-0.2, 0) is 6.42 Å². The molecule has 0 radical (unpaired) electrons. The molecule has 0 amide bonds. The molecule has 0 fully saturated rings. The van der Waals surface area contributed by atoms with Crippen LogP contribution < -0.4 is 0 Å². The predicted octanol–water partition coefficient (Wildman–Crippen LogP) is 6.85. The maximum absolute atomic E-state index is 12.3. The van der Waals surface area contributed by atoms with Crippen LogP contribution in [0.2, 0.25) is 0 Å². The van der Waals surface area contributed by atoms with Crippen molar-refractivity contribution in [1.82, 2.24) is 4.98 Å². The van der Waals surface area contributed by atoms with E-state index in [4.69, 9.17) is 0 Å². The molecule has 0 atom stereocenters. The Morgan fingerprint density at radius 3 is 2.21 bits per heavy atom. The van der Waals surface area contributed by atoms with Gasteiger partial charge in [0.15, 0.2) is 5.78 Å². The summed E-state index contributed by atoms with van der Waals surface area (Å²) in [6, 6.07) is 22.5. The molecule has 3 rings (SSSR count). The first-order chi connectivity index (χ1) is 14.1. The number of carbonyl (C=O) groups is 1. The molecule has 0 bridgehead atoms. The molecule has 0 aliphatic carbocycles. The van der Waals surface area contributed by atoms with Gasteiger partial charge in [-0.2, -0.15) is 0 Å². The second-order valence-electron chi connectivity index (χ2n) is 7.91. The molecule has 2 aromatic carbocycles. The van der Waals surface area contributed by atoms with Crippen LogP contribution in [0.3, 0.4) is 0 Å². The highest BCUT2D eigenvalue weighted by atomic mass is 16.1. The monoisotopic (exact) mass is 383 g/mol. The highest BCUT2D eigenvalue weighted by Gasteiger charge is 2.06. The van der Waals surface area contributed by atoms with Crippen molar-refractivity contribution < 1.29 is 4.79 Å². The van der Waals surface area contributed by atoms with E-state index >= 15 is 0 Å². The minimum absolute atomic E-state index is 0.251. The molecular formula is C27H29NO. The van der Waals surface area contributed by atoms with Crippen molar-refractivity contribution in [3.8, 4) is 0 Å². The van der Waals surface area contributed by atoms with Gasteiger partial charge in [-0.3, -0.25) is 9.78 Å². The van der Waals surface area contributed by atoms with Gasteiger partial charge >= 0.3 is 0 Å². The lowest BCUT2D eigenvalue weighted by Crippen LogP contribution is -2.00. The molecule has 1 heterocycles.